The van der Waals surface area contributed by atoms with Crippen LogP contribution >= 0.6 is 0 Å². The second kappa shape index (κ2) is 5.63. The molecule has 0 saturated carbocycles. The third-order valence-electron chi connectivity index (χ3n) is 3.67. The summed E-state index contributed by atoms with van der Waals surface area (Å²) in [6.45, 7) is 3.40. The minimum Gasteiger partial charge on any atom is -0.289 e. The highest BCUT2D eigenvalue weighted by molar-refractivity contribution is 5.11. The minimum absolute atomic E-state index is 0.212. The van der Waals surface area contributed by atoms with Crippen LogP contribution in [0.4, 0.5) is 4.39 Å². The fourth-order valence-electron chi connectivity index (χ4n) is 2.72. The van der Waals surface area contributed by atoms with Crippen molar-refractivity contribution in [3.63, 3.8) is 0 Å². The number of aryl methyl sites for hydroxylation is 1. The molecule has 0 radical (unpaired) electrons. The van der Waals surface area contributed by atoms with Crippen LogP contribution in [0, 0.1) is 12.7 Å². The average Bonchev–Trinajstić information content (AvgIpc) is 2.90. The molecule has 5 heteroatoms. The fourth-order valence-corrected chi connectivity index (χ4v) is 2.72. The molecule has 104 valence electrons. The number of pyridine rings is 1. The van der Waals surface area contributed by atoms with E-state index in [1.54, 1.807) is 18.5 Å². The van der Waals surface area contributed by atoms with Crippen molar-refractivity contribution in [3.8, 4) is 0 Å². The highest BCUT2D eigenvalue weighted by Gasteiger charge is 2.28. The van der Waals surface area contributed by atoms with Crippen molar-refractivity contribution < 1.29 is 4.39 Å². The predicted molar refractivity (Wildman–Crippen MR) is 73.3 cm³/mol. The number of rotatable bonds is 3. The van der Waals surface area contributed by atoms with E-state index >= 15 is 0 Å². The summed E-state index contributed by atoms with van der Waals surface area (Å²) in [6.07, 6.45) is 7.32. The molecule has 1 saturated heterocycles. The number of nitrogens with zero attached hydrogens (tertiary/aromatic N) is 4. The predicted octanol–water partition coefficient (Wildman–Crippen LogP) is 2.66. The van der Waals surface area contributed by atoms with Crippen LogP contribution in [0.25, 0.3) is 0 Å². The molecular weight excluding hydrogens is 255 g/mol. The van der Waals surface area contributed by atoms with E-state index in [4.69, 9.17) is 0 Å². The van der Waals surface area contributed by atoms with Crippen LogP contribution in [-0.4, -0.2) is 26.4 Å². The molecule has 0 aromatic carbocycles. The Balaban J connectivity index is 1.81. The lowest BCUT2D eigenvalue weighted by Gasteiger charge is -2.23. The molecule has 0 aliphatic carbocycles. The van der Waals surface area contributed by atoms with Crippen molar-refractivity contribution in [2.24, 2.45) is 0 Å². The van der Waals surface area contributed by atoms with Crippen molar-refractivity contribution in [1.82, 2.24) is 19.9 Å². The number of halogens is 1. The normalized spacial score (nSPS) is 19.4. The zero-order valence-corrected chi connectivity index (χ0v) is 11.5. The van der Waals surface area contributed by atoms with Gasteiger partial charge in [-0.2, -0.15) is 0 Å². The van der Waals surface area contributed by atoms with E-state index in [-0.39, 0.29) is 11.9 Å². The lowest BCUT2D eigenvalue weighted by molar-refractivity contribution is 0.237. The Labute approximate surface area is 117 Å². The van der Waals surface area contributed by atoms with Gasteiger partial charge in [0.2, 0.25) is 0 Å². The summed E-state index contributed by atoms with van der Waals surface area (Å²) in [5.41, 5.74) is 2.39. The van der Waals surface area contributed by atoms with Gasteiger partial charge in [0.25, 0.3) is 0 Å². The zero-order chi connectivity index (χ0) is 13.9. The first-order valence-electron chi connectivity index (χ1n) is 6.86. The van der Waals surface area contributed by atoms with E-state index in [1.807, 2.05) is 13.1 Å². The van der Waals surface area contributed by atoms with Gasteiger partial charge in [0.05, 0.1) is 23.1 Å². The number of hydrogen-bond donors (Lipinski definition) is 0. The van der Waals surface area contributed by atoms with E-state index in [2.05, 4.69) is 19.9 Å². The summed E-state index contributed by atoms with van der Waals surface area (Å²) in [5.74, 6) is -0.242. The standard InChI is InChI=1S/C15H17FN4/c1-11-8-17-9-13(19-11)15-5-3-7-20(15)10-14-12(16)4-2-6-18-14/h2,4,6,8-9,15H,3,5,7,10H2,1H3/t15-/m0/s1. The van der Waals surface area contributed by atoms with Gasteiger partial charge in [-0.05, 0) is 38.4 Å². The van der Waals surface area contributed by atoms with Crippen LogP contribution < -0.4 is 0 Å². The van der Waals surface area contributed by atoms with Crippen molar-refractivity contribution in [1.29, 1.82) is 0 Å². The first kappa shape index (κ1) is 13.1. The first-order chi connectivity index (χ1) is 9.74. The van der Waals surface area contributed by atoms with Crippen molar-refractivity contribution in [3.05, 3.63) is 53.6 Å². The lowest BCUT2D eigenvalue weighted by atomic mass is 10.1. The third kappa shape index (κ3) is 2.67. The molecule has 1 aliphatic heterocycles. The van der Waals surface area contributed by atoms with E-state index in [0.29, 0.717) is 12.2 Å². The van der Waals surface area contributed by atoms with Gasteiger partial charge in [-0.25, -0.2) is 4.39 Å². The maximum atomic E-state index is 13.7. The number of aromatic nitrogens is 3. The van der Waals surface area contributed by atoms with Crippen LogP contribution in [0.1, 0.15) is 36.0 Å². The maximum Gasteiger partial charge on any atom is 0.146 e. The minimum atomic E-state index is -0.242. The molecule has 0 bridgehead atoms. The van der Waals surface area contributed by atoms with Crippen LogP contribution in [-0.2, 0) is 6.54 Å². The Morgan fingerprint density at radius 2 is 2.30 bits per heavy atom. The second-order valence-electron chi connectivity index (χ2n) is 5.15. The Bertz CT molecular complexity index is 602. The van der Waals surface area contributed by atoms with Crippen molar-refractivity contribution in [2.75, 3.05) is 6.54 Å². The molecule has 2 aromatic rings. The third-order valence-corrected chi connectivity index (χ3v) is 3.67. The van der Waals surface area contributed by atoms with Gasteiger partial charge in [0, 0.05) is 25.1 Å². The highest BCUT2D eigenvalue weighted by atomic mass is 19.1. The van der Waals surface area contributed by atoms with Crippen LogP contribution in [0.15, 0.2) is 30.7 Å². The SMILES string of the molecule is Cc1cncc([C@@H]2CCCN2Cc2ncccc2F)n1. The Morgan fingerprint density at radius 1 is 1.40 bits per heavy atom. The summed E-state index contributed by atoms with van der Waals surface area (Å²) < 4.78 is 13.7. The van der Waals surface area contributed by atoms with E-state index < -0.39 is 0 Å². The van der Waals surface area contributed by atoms with Crippen LogP contribution in [0.2, 0.25) is 0 Å². The van der Waals surface area contributed by atoms with E-state index in [0.717, 1.165) is 30.8 Å². The van der Waals surface area contributed by atoms with Crippen molar-refractivity contribution in [2.45, 2.75) is 32.4 Å². The fraction of sp³-hybridized carbons (Fsp3) is 0.400. The van der Waals surface area contributed by atoms with Crippen molar-refractivity contribution >= 4 is 0 Å². The summed E-state index contributed by atoms with van der Waals surface area (Å²) >= 11 is 0. The maximum absolute atomic E-state index is 13.7. The lowest BCUT2D eigenvalue weighted by Crippen LogP contribution is -2.24. The average molecular weight is 272 g/mol. The van der Waals surface area contributed by atoms with Crippen LogP contribution in [0.3, 0.4) is 0 Å². The van der Waals surface area contributed by atoms with E-state index in [1.165, 1.54) is 6.07 Å². The highest BCUT2D eigenvalue weighted by Crippen LogP contribution is 2.31. The topological polar surface area (TPSA) is 41.9 Å². The molecule has 1 aliphatic rings. The largest absolute Gasteiger partial charge is 0.289 e. The molecular formula is C15H17FN4. The van der Waals surface area contributed by atoms with Gasteiger partial charge >= 0.3 is 0 Å². The summed E-state index contributed by atoms with van der Waals surface area (Å²) in [6, 6.07) is 3.29. The molecule has 3 rings (SSSR count). The number of hydrogen-bond acceptors (Lipinski definition) is 4. The monoisotopic (exact) mass is 272 g/mol. The molecule has 4 nitrogen and oxygen atoms in total. The van der Waals surface area contributed by atoms with Gasteiger partial charge in [0.15, 0.2) is 0 Å². The first-order valence-corrected chi connectivity index (χ1v) is 6.86. The number of likely N-dealkylation sites (tertiary alicyclic amines) is 1. The van der Waals surface area contributed by atoms with Gasteiger partial charge in [-0.3, -0.25) is 19.9 Å². The summed E-state index contributed by atoms with van der Waals surface area (Å²) in [7, 11) is 0. The summed E-state index contributed by atoms with van der Waals surface area (Å²) in [5, 5.41) is 0. The van der Waals surface area contributed by atoms with Crippen LogP contribution in [0.5, 0.6) is 0 Å². The molecule has 0 unspecified atom stereocenters. The smallest absolute Gasteiger partial charge is 0.146 e. The molecule has 1 fully saturated rings. The molecule has 0 amide bonds. The van der Waals surface area contributed by atoms with E-state index in [9.17, 15) is 4.39 Å². The Kier molecular flexibility index (Phi) is 3.69. The Hall–Kier alpha value is -1.88. The molecule has 0 N–H and O–H groups in total. The quantitative estimate of drug-likeness (QED) is 0.861. The molecule has 3 heterocycles. The summed E-state index contributed by atoms with van der Waals surface area (Å²) in [4.78, 5) is 15.1. The molecule has 0 spiro atoms. The van der Waals surface area contributed by atoms with Gasteiger partial charge in [0.1, 0.15) is 5.82 Å². The second-order valence-corrected chi connectivity index (χ2v) is 5.15. The molecule has 2 aromatic heterocycles. The van der Waals surface area contributed by atoms with Gasteiger partial charge in [-0.15, -0.1) is 0 Å². The van der Waals surface area contributed by atoms with Gasteiger partial charge in [-0.1, -0.05) is 0 Å². The zero-order valence-electron chi connectivity index (χ0n) is 11.5. The molecule has 20 heavy (non-hydrogen) atoms. The molecule has 1 atom stereocenters. The Morgan fingerprint density at radius 3 is 3.10 bits per heavy atom. The van der Waals surface area contributed by atoms with Gasteiger partial charge < -0.3 is 0 Å².